The number of benzene rings is 2. The van der Waals surface area contributed by atoms with Crippen molar-refractivity contribution in [3.63, 3.8) is 0 Å². The highest BCUT2D eigenvalue weighted by molar-refractivity contribution is 7.80. The smallest absolute Gasteiger partial charge is 0.173 e. The molecule has 0 aliphatic carbocycles. The zero-order chi connectivity index (χ0) is 17.8. The Balaban J connectivity index is 1.62. The van der Waals surface area contributed by atoms with E-state index in [1.807, 2.05) is 43.3 Å². The molecule has 2 aromatic rings. The van der Waals surface area contributed by atoms with Crippen LogP contribution in [0.15, 0.2) is 42.5 Å². The van der Waals surface area contributed by atoms with Gasteiger partial charge in [0.25, 0.3) is 0 Å². The van der Waals surface area contributed by atoms with Crippen molar-refractivity contribution in [2.45, 2.75) is 6.92 Å². The first-order valence-electron chi connectivity index (χ1n) is 8.28. The van der Waals surface area contributed by atoms with Gasteiger partial charge in [0, 0.05) is 36.9 Å². The second kappa shape index (κ2) is 7.93. The van der Waals surface area contributed by atoms with Gasteiger partial charge in [0.1, 0.15) is 5.75 Å². The number of para-hydroxylation sites is 2. The van der Waals surface area contributed by atoms with Crippen molar-refractivity contribution in [1.82, 2.24) is 4.90 Å². The molecular formula is C19H22ClN3OS. The third kappa shape index (κ3) is 4.17. The molecular weight excluding hydrogens is 354 g/mol. The van der Waals surface area contributed by atoms with Crippen LogP contribution in [0.1, 0.15) is 5.56 Å². The maximum Gasteiger partial charge on any atom is 0.173 e. The Morgan fingerprint density at radius 3 is 2.56 bits per heavy atom. The van der Waals surface area contributed by atoms with Gasteiger partial charge in [-0.25, -0.2) is 0 Å². The van der Waals surface area contributed by atoms with Gasteiger partial charge < -0.3 is 19.9 Å². The number of hydrogen-bond donors (Lipinski definition) is 1. The van der Waals surface area contributed by atoms with E-state index in [0.29, 0.717) is 5.02 Å². The lowest BCUT2D eigenvalue weighted by Gasteiger charge is -2.38. The molecule has 0 radical (unpaired) electrons. The fraction of sp³-hybridized carbons (Fsp3) is 0.316. The molecule has 0 unspecified atom stereocenters. The fourth-order valence-corrected chi connectivity index (χ4v) is 3.43. The van der Waals surface area contributed by atoms with Crippen molar-refractivity contribution in [2.75, 3.05) is 43.5 Å². The molecule has 1 aliphatic heterocycles. The van der Waals surface area contributed by atoms with Crippen LogP contribution >= 0.6 is 23.8 Å². The van der Waals surface area contributed by atoms with E-state index in [9.17, 15) is 0 Å². The van der Waals surface area contributed by atoms with Crippen LogP contribution in [-0.2, 0) is 0 Å². The molecule has 1 aliphatic rings. The van der Waals surface area contributed by atoms with Crippen LogP contribution in [0.25, 0.3) is 0 Å². The van der Waals surface area contributed by atoms with E-state index in [-0.39, 0.29) is 0 Å². The van der Waals surface area contributed by atoms with Gasteiger partial charge in [-0.1, -0.05) is 29.8 Å². The van der Waals surface area contributed by atoms with Crippen LogP contribution in [0.5, 0.6) is 5.75 Å². The number of ether oxygens (including phenoxy) is 1. The molecule has 1 fully saturated rings. The third-order valence-corrected chi connectivity index (χ3v) is 5.03. The van der Waals surface area contributed by atoms with Gasteiger partial charge in [0.05, 0.1) is 12.8 Å². The van der Waals surface area contributed by atoms with Gasteiger partial charge in [-0.2, -0.15) is 0 Å². The number of aryl methyl sites for hydroxylation is 1. The van der Waals surface area contributed by atoms with E-state index in [4.69, 9.17) is 28.6 Å². The van der Waals surface area contributed by atoms with Crippen LogP contribution in [-0.4, -0.2) is 43.3 Å². The molecule has 0 aromatic heterocycles. The van der Waals surface area contributed by atoms with Gasteiger partial charge in [0.15, 0.2) is 5.11 Å². The molecule has 25 heavy (non-hydrogen) atoms. The Morgan fingerprint density at radius 2 is 1.84 bits per heavy atom. The van der Waals surface area contributed by atoms with E-state index in [1.54, 1.807) is 7.11 Å². The zero-order valence-corrected chi connectivity index (χ0v) is 16.0. The third-order valence-electron chi connectivity index (χ3n) is 4.43. The van der Waals surface area contributed by atoms with Crippen molar-refractivity contribution in [1.29, 1.82) is 0 Å². The molecule has 0 atom stereocenters. The van der Waals surface area contributed by atoms with Crippen molar-refractivity contribution >= 4 is 40.3 Å². The molecule has 0 spiro atoms. The molecule has 4 nitrogen and oxygen atoms in total. The summed E-state index contributed by atoms with van der Waals surface area (Å²) >= 11 is 11.7. The number of thiocarbonyl (C=S) groups is 1. The van der Waals surface area contributed by atoms with Crippen LogP contribution in [0.2, 0.25) is 5.02 Å². The molecule has 0 amide bonds. The number of nitrogens with one attached hydrogen (secondary N) is 1. The zero-order valence-electron chi connectivity index (χ0n) is 14.5. The summed E-state index contributed by atoms with van der Waals surface area (Å²) in [6.45, 7) is 5.57. The summed E-state index contributed by atoms with van der Waals surface area (Å²) in [7, 11) is 1.71. The summed E-state index contributed by atoms with van der Waals surface area (Å²) < 4.78 is 5.47. The quantitative estimate of drug-likeness (QED) is 0.812. The second-order valence-corrected chi connectivity index (χ2v) is 6.86. The highest BCUT2D eigenvalue weighted by atomic mass is 35.5. The first-order valence-corrected chi connectivity index (χ1v) is 9.07. The first-order chi connectivity index (χ1) is 12.1. The molecule has 1 heterocycles. The average molecular weight is 376 g/mol. The lowest BCUT2D eigenvalue weighted by Crippen LogP contribution is -2.50. The number of methoxy groups -OCH3 is 1. The summed E-state index contributed by atoms with van der Waals surface area (Å²) in [5.74, 6) is 0.909. The maximum absolute atomic E-state index is 6.09. The molecule has 0 bridgehead atoms. The van der Waals surface area contributed by atoms with Gasteiger partial charge in [0.2, 0.25) is 0 Å². The minimum atomic E-state index is 0.705. The average Bonchev–Trinajstić information content (AvgIpc) is 2.64. The lowest BCUT2D eigenvalue weighted by molar-refractivity contribution is 0.382. The Morgan fingerprint density at radius 1 is 1.12 bits per heavy atom. The fourth-order valence-electron chi connectivity index (χ4n) is 2.96. The van der Waals surface area contributed by atoms with Crippen LogP contribution in [0.3, 0.4) is 0 Å². The predicted octanol–water partition coefficient (Wildman–Crippen LogP) is 4.18. The molecule has 0 saturated carbocycles. The van der Waals surface area contributed by atoms with Crippen LogP contribution in [0.4, 0.5) is 11.4 Å². The van der Waals surface area contributed by atoms with E-state index >= 15 is 0 Å². The number of halogens is 1. The normalized spacial score (nSPS) is 14.4. The molecule has 1 N–H and O–H groups in total. The highest BCUT2D eigenvalue weighted by Gasteiger charge is 2.21. The Kier molecular flexibility index (Phi) is 5.66. The number of piperazine rings is 1. The largest absolute Gasteiger partial charge is 0.495 e. The van der Waals surface area contributed by atoms with E-state index < -0.39 is 0 Å². The van der Waals surface area contributed by atoms with Gasteiger partial charge >= 0.3 is 0 Å². The first kappa shape index (κ1) is 17.8. The molecule has 132 valence electrons. The Bertz CT molecular complexity index is 760. The highest BCUT2D eigenvalue weighted by Crippen LogP contribution is 2.28. The predicted molar refractivity (Wildman–Crippen MR) is 109 cm³/mol. The molecule has 6 heteroatoms. The lowest BCUT2D eigenvalue weighted by atomic mass is 10.2. The summed E-state index contributed by atoms with van der Waals surface area (Å²) in [5, 5.41) is 4.77. The van der Waals surface area contributed by atoms with Gasteiger partial charge in [-0.15, -0.1) is 0 Å². The SMILES string of the molecule is COc1ccccc1N1CCN(C(=S)Nc2cc(Cl)ccc2C)CC1. The molecule has 1 saturated heterocycles. The molecule has 3 rings (SSSR count). The van der Waals surface area contributed by atoms with Crippen LogP contribution < -0.4 is 15.0 Å². The summed E-state index contributed by atoms with van der Waals surface area (Å²) in [4.78, 5) is 4.53. The van der Waals surface area contributed by atoms with Gasteiger partial charge in [-0.3, -0.25) is 0 Å². The number of nitrogens with zero attached hydrogens (tertiary/aromatic N) is 2. The number of rotatable bonds is 3. The standard InChI is InChI=1S/C19H22ClN3OS/c1-14-7-8-15(20)13-16(14)21-19(25)23-11-9-22(10-12-23)17-5-3-4-6-18(17)24-2/h3-8,13H,9-12H2,1-2H3,(H,21,25). The van der Waals surface area contributed by atoms with Crippen molar-refractivity contribution < 1.29 is 4.74 Å². The van der Waals surface area contributed by atoms with Crippen molar-refractivity contribution in [3.05, 3.63) is 53.1 Å². The maximum atomic E-state index is 6.09. The summed E-state index contributed by atoms with van der Waals surface area (Å²) in [6, 6.07) is 13.9. The second-order valence-electron chi connectivity index (χ2n) is 6.04. The summed E-state index contributed by atoms with van der Waals surface area (Å²) in [5.41, 5.74) is 3.22. The van der Waals surface area contributed by atoms with E-state index in [2.05, 4.69) is 21.2 Å². The van der Waals surface area contributed by atoms with Gasteiger partial charge in [-0.05, 0) is 49.0 Å². The van der Waals surface area contributed by atoms with Crippen LogP contribution in [0, 0.1) is 6.92 Å². The Hall–Kier alpha value is -1.98. The van der Waals surface area contributed by atoms with Crippen molar-refractivity contribution in [2.24, 2.45) is 0 Å². The Labute approximate surface area is 159 Å². The number of anilines is 2. The number of hydrogen-bond acceptors (Lipinski definition) is 3. The van der Waals surface area contributed by atoms with E-state index in [0.717, 1.165) is 54.0 Å². The summed E-state index contributed by atoms with van der Waals surface area (Å²) in [6.07, 6.45) is 0. The minimum absolute atomic E-state index is 0.705. The van der Waals surface area contributed by atoms with Crippen molar-refractivity contribution in [3.8, 4) is 5.75 Å². The topological polar surface area (TPSA) is 27.7 Å². The monoisotopic (exact) mass is 375 g/mol. The van der Waals surface area contributed by atoms with E-state index in [1.165, 1.54) is 0 Å². The molecule has 2 aromatic carbocycles. The minimum Gasteiger partial charge on any atom is -0.495 e.